The smallest absolute Gasteiger partial charge is 0.0651 e. The van der Waals surface area contributed by atoms with Crippen LogP contribution in [0.1, 0.15) is 0 Å². The highest BCUT2D eigenvalue weighted by Gasteiger charge is 2.19. The molecule has 0 saturated heterocycles. The first-order valence-corrected chi connectivity index (χ1v) is 13.6. The lowest BCUT2D eigenvalue weighted by Gasteiger charge is -2.11. The molecule has 9 aromatic rings. The van der Waals surface area contributed by atoms with Crippen LogP contribution in [0.15, 0.2) is 140 Å². The van der Waals surface area contributed by atoms with Crippen LogP contribution in [-0.4, -0.2) is 14.0 Å². The molecule has 40 heavy (non-hydrogen) atoms. The minimum atomic E-state index is 1.06. The van der Waals surface area contributed by atoms with Gasteiger partial charge in [-0.05, 0) is 41.3 Å². The summed E-state index contributed by atoms with van der Waals surface area (Å²) in [7, 11) is 0. The van der Waals surface area contributed by atoms with Gasteiger partial charge >= 0.3 is 0 Å². The molecule has 0 bridgehead atoms. The second kappa shape index (κ2) is 8.05. The van der Waals surface area contributed by atoms with Gasteiger partial charge in [-0.15, -0.1) is 0 Å². The molecule has 3 heteroatoms. The highest BCUT2D eigenvalue weighted by Crippen LogP contribution is 2.41. The van der Waals surface area contributed by atoms with E-state index < -0.39 is 0 Å². The molecule has 0 aliphatic heterocycles. The Kier molecular flexibility index (Phi) is 4.33. The Hall–Kier alpha value is -5.41. The molecule has 0 radical (unpaired) electrons. The van der Waals surface area contributed by atoms with Crippen molar-refractivity contribution >= 4 is 59.9 Å². The molecule has 0 atom stereocenters. The average molecular weight is 510 g/mol. The predicted molar refractivity (Wildman–Crippen MR) is 167 cm³/mol. The Morgan fingerprint density at radius 3 is 1.95 bits per heavy atom. The van der Waals surface area contributed by atoms with Gasteiger partial charge in [0.15, 0.2) is 0 Å². The first kappa shape index (κ1) is 21.5. The van der Waals surface area contributed by atoms with E-state index in [9.17, 15) is 0 Å². The molecule has 0 aliphatic rings. The molecule has 0 N–H and O–H groups in total. The van der Waals surface area contributed by atoms with Crippen molar-refractivity contribution in [2.45, 2.75) is 0 Å². The fourth-order valence-electron chi connectivity index (χ4n) is 6.65. The third kappa shape index (κ3) is 2.86. The number of aromatic nitrogens is 3. The third-order valence-electron chi connectivity index (χ3n) is 8.33. The van der Waals surface area contributed by atoms with Gasteiger partial charge in [0, 0.05) is 38.7 Å². The van der Waals surface area contributed by atoms with Crippen molar-refractivity contribution in [2.75, 3.05) is 0 Å². The van der Waals surface area contributed by atoms with Crippen molar-refractivity contribution in [3.63, 3.8) is 0 Å². The number of rotatable bonds is 2. The van der Waals surface area contributed by atoms with E-state index >= 15 is 0 Å². The molecule has 4 aromatic heterocycles. The summed E-state index contributed by atoms with van der Waals surface area (Å²) in [5.74, 6) is 0. The summed E-state index contributed by atoms with van der Waals surface area (Å²) < 4.78 is 4.84. The maximum absolute atomic E-state index is 4.68. The lowest BCUT2D eigenvalue weighted by Crippen LogP contribution is -1.96. The van der Waals surface area contributed by atoms with Crippen LogP contribution in [0.25, 0.3) is 76.7 Å². The Morgan fingerprint density at radius 1 is 0.450 bits per heavy atom. The van der Waals surface area contributed by atoms with Crippen LogP contribution >= 0.6 is 0 Å². The van der Waals surface area contributed by atoms with Crippen LogP contribution in [0.4, 0.5) is 0 Å². The number of hydrogen-bond donors (Lipinski definition) is 0. The van der Waals surface area contributed by atoms with E-state index in [1.165, 1.54) is 59.9 Å². The van der Waals surface area contributed by atoms with Gasteiger partial charge in [-0.1, -0.05) is 97.1 Å². The summed E-state index contributed by atoms with van der Waals surface area (Å²) in [4.78, 5) is 4.68. The topological polar surface area (TPSA) is 22.2 Å². The Labute approximate surface area is 230 Å². The van der Waals surface area contributed by atoms with Crippen molar-refractivity contribution < 1.29 is 0 Å². The first-order valence-electron chi connectivity index (χ1n) is 13.6. The van der Waals surface area contributed by atoms with Crippen LogP contribution in [-0.2, 0) is 0 Å². The zero-order valence-corrected chi connectivity index (χ0v) is 21.6. The number of hydrogen-bond acceptors (Lipinski definition) is 1. The summed E-state index contributed by atoms with van der Waals surface area (Å²) in [5, 5.41) is 7.57. The average Bonchev–Trinajstić information content (AvgIpc) is 3.58. The van der Waals surface area contributed by atoms with Crippen molar-refractivity contribution in [2.24, 2.45) is 0 Å². The molecule has 4 heterocycles. The minimum absolute atomic E-state index is 1.06. The second-order valence-electron chi connectivity index (χ2n) is 10.5. The maximum Gasteiger partial charge on any atom is 0.0651 e. The van der Waals surface area contributed by atoms with Crippen molar-refractivity contribution in [1.29, 1.82) is 0 Å². The molecule has 3 nitrogen and oxygen atoms in total. The summed E-state index contributed by atoms with van der Waals surface area (Å²) >= 11 is 0. The summed E-state index contributed by atoms with van der Waals surface area (Å²) in [6.07, 6.45) is 3.92. The van der Waals surface area contributed by atoms with Crippen LogP contribution in [0.3, 0.4) is 0 Å². The SMILES string of the molecule is c1ccc(-c2cncc(-n3c4ccccc4c4c3ccc3cc5c6ccccc6c6ccccc6n5c34)c2)cc1. The molecular formula is C37H23N3. The summed E-state index contributed by atoms with van der Waals surface area (Å²) in [6, 6.07) is 45.9. The van der Waals surface area contributed by atoms with Crippen LogP contribution in [0.5, 0.6) is 0 Å². The normalized spacial score (nSPS) is 12.0. The van der Waals surface area contributed by atoms with Crippen LogP contribution < -0.4 is 0 Å². The van der Waals surface area contributed by atoms with E-state index in [4.69, 9.17) is 0 Å². The third-order valence-corrected chi connectivity index (χ3v) is 8.33. The van der Waals surface area contributed by atoms with Gasteiger partial charge in [-0.2, -0.15) is 0 Å². The maximum atomic E-state index is 4.68. The summed E-state index contributed by atoms with van der Waals surface area (Å²) in [6.45, 7) is 0. The fraction of sp³-hybridized carbons (Fsp3) is 0. The van der Waals surface area contributed by atoms with Crippen LogP contribution in [0, 0.1) is 0 Å². The van der Waals surface area contributed by atoms with Gasteiger partial charge in [0.05, 0.1) is 39.5 Å². The molecule has 0 unspecified atom stereocenters. The van der Waals surface area contributed by atoms with Gasteiger partial charge < -0.3 is 8.97 Å². The lowest BCUT2D eigenvalue weighted by atomic mass is 10.1. The number of nitrogens with zero attached hydrogens (tertiary/aromatic N) is 3. The highest BCUT2D eigenvalue weighted by molar-refractivity contribution is 6.24. The molecule has 0 saturated carbocycles. The van der Waals surface area contributed by atoms with E-state index in [0.29, 0.717) is 0 Å². The quantitative estimate of drug-likeness (QED) is 0.213. The standard InChI is InChI=1S/C37H23N3/c1-2-10-24(11-3-1)26-20-27(23-38-22-26)39-33-17-9-7-15-31(33)36-34(39)19-18-25-21-35-30-14-5-4-12-28(30)29-13-6-8-16-32(29)40(35)37(25)36/h1-23H. The van der Waals surface area contributed by atoms with Gasteiger partial charge in [-0.3, -0.25) is 4.98 Å². The molecular weight excluding hydrogens is 486 g/mol. The largest absolute Gasteiger partial charge is 0.308 e. The summed E-state index contributed by atoms with van der Waals surface area (Å²) in [5.41, 5.74) is 9.39. The van der Waals surface area contributed by atoms with Crippen molar-refractivity contribution in [3.8, 4) is 16.8 Å². The van der Waals surface area contributed by atoms with E-state index in [0.717, 1.165) is 16.8 Å². The molecule has 0 aliphatic carbocycles. The number of para-hydroxylation sites is 2. The fourth-order valence-corrected chi connectivity index (χ4v) is 6.65. The van der Waals surface area contributed by atoms with Crippen molar-refractivity contribution in [1.82, 2.24) is 14.0 Å². The molecule has 0 spiro atoms. The van der Waals surface area contributed by atoms with Gasteiger partial charge in [0.2, 0.25) is 0 Å². The number of pyridine rings is 2. The molecule has 9 rings (SSSR count). The first-order chi connectivity index (χ1) is 19.9. The van der Waals surface area contributed by atoms with E-state index in [2.05, 4.69) is 135 Å². The Balaban J connectivity index is 1.47. The lowest BCUT2D eigenvalue weighted by molar-refractivity contribution is 1.14. The van der Waals surface area contributed by atoms with Gasteiger partial charge in [0.1, 0.15) is 0 Å². The van der Waals surface area contributed by atoms with Crippen molar-refractivity contribution in [3.05, 3.63) is 140 Å². The highest BCUT2D eigenvalue weighted by atomic mass is 15.0. The second-order valence-corrected chi connectivity index (χ2v) is 10.5. The van der Waals surface area contributed by atoms with Gasteiger partial charge in [-0.25, -0.2) is 0 Å². The zero-order chi connectivity index (χ0) is 26.2. The molecule has 186 valence electrons. The Morgan fingerprint density at radius 2 is 1.12 bits per heavy atom. The predicted octanol–water partition coefficient (Wildman–Crippen LogP) is 9.56. The van der Waals surface area contributed by atoms with Crippen LogP contribution in [0.2, 0.25) is 0 Å². The van der Waals surface area contributed by atoms with Gasteiger partial charge in [0.25, 0.3) is 0 Å². The number of benzene rings is 5. The minimum Gasteiger partial charge on any atom is -0.308 e. The zero-order valence-electron chi connectivity index (χ0n) is 21.6. The molecule has 5 aromatic carbocycles. The van der Waals surface area contributed by atoms with E-state index in [1.807, 2.05) is 18.5 Å². The monoisotopic (exact) mass is 509 g/mol. The van der Waals surface area contributed by atoms with E-state index in [-0.39, 0.29) is 0 Å². The molecule has 0 fully saturated rings. The molecule has 0 amide bonds. The number of fused-ring (bicyclic) bond motifs is 12. The van der Waals surface area contributed by atoms with E-state index in [1.54, 1.807) is 0 Å². The Bertz CT molecular complexity index is 2430.